The van der Waals surface area contributed by atoms with Gasteiger partial charge in [-0.25, -0.2) is 9.98 Å². The molecule has 4 heteroatoms. The Morgan fingerprint density at radius 3 is 2.88 bits per heavy atom. The zero-order valence-corrected chi connectivity index (χ0v) is 9.29. The molecule has 1 aromatic carbocycles. The van der Waals surface area contributed by atoms with Crippen LogP contribution in [0.4, 0.5) is 5.69 Å². The van der Waals surface area contributed by atoms with Crippen molar-refractivity contribution < 1.29 is 4.74 Å². The van der Waals surface area contributed by atoms with Crippen LogP contribution in [0.3, 0.4) is 0 Å². The molecule has 2 rings (SSSR count). The summed E-state index contributed by atoms with van der Waals surface area (Å²) in [7, 11) is 3.56. The SMILES string of the molecule is COc1ccccc1/N=C/c1nccn1C. The third-order valence-electron chi connectivity index (χ3n) is 2.26. The number of aliphatic imine (C=N–C) groups is 1. The largest absolute Gasteiger partial charge is 0.494 e. The van der Waals surface area contributed by atoms with Crippen molar-refractivity contribution in [2.75, 3.05) is 7.11 Å². The third kappa shape index (κ3) is 2.11. The second-order valence-corrected chi connectivity index (χ2v) is 3.33. The van der Waals surface area contributed by atoms with Gasteiger partial charge < -0.3 is 9.30 Å². The minimum atomic E-state index is 0.757. The number of hydrogen-bond acceptors (Lipinski definition) is 3. The minimum Gasteiger partial charge on any atom is -0.494 e. The first-order valence-corrected chi connectivity index (χ1v) is 4.95. The van der Waals surface area contributed by atoms with Crippen LogP contribution in [0.15, 0.2) is 41.7 Å². The van der Waals surface area contributed by atoms with Gasteiger partial charge in [-0.2, -0.15) is 0 Å². The van der Waals surface area contributed by atoms with Crippen LogP contribution in [0.25, 0.3) is 0 Å². The van der Waals surface area contributed by atoms with E-state index < -0.39 is 0 Å². The highest BCUT2D eigenvalue weighted by molar-refractivity contribution is 5.78. The fourth-order valence-electron chi connectivity index (χ4n) is 1.37. The van der Waals surface area contributed by atoms with Crippen molar-refractivity contribution in [1.29, 1.82) is 0 Å². The zero-order chi connectivity index (χ0) is 11.4. The van der Waals surface area contributed by atoms with Crippen molar-refractivity contribution in [2.45, 2.75) is 0 Å². The monoisotopic (exact) mass is 215 g/mol. The number of hydrogen-bond donors (Lipinski definition) is 0. The Kier molecular flexibility index (Phi) is 3.00. The molecule has 0 aliphatic rings. The molecule has 0 atom stereocenters. The lowest BCUT2D eigenvalue weighted by Crippen LogP contribution is -1.94. The summed E-state index contributed by atoms with van der Waals surface area (Å²) in [6.45, 7) is 0. The lowest BCUT2D eigenvalue weighted by molar-refractivity contribution is 0.416. The van der Waals surface area contributed by atoms with Crippen LogP contribution in [0.1, 0.15) is 5.82 Å². The van der Waals surface area contributed by atoms with Gasteiger partial charge >= 0.3 is 0 Å². The second kappa shape index (κ2) is 4.61. The van der Waals surface area contributed by atoms with Gasteiger partial charge in [0.1, 0.15) is 11.4 Å². The van der Waals surface area contributed by atoms with E-state index in [2.05, 4.69) is 9.98 Å². The van der Waals surface area contributed by atoms with Gasteiger partial charge in [0.05, 0.1) is 13.3 Å². The number of rotatable bonds is 3. The highest BCUT2D eigenvalue weighted by Crippen LogP contribution is 2.25. The smallest absolute Gasteiger partial charge is 0.150 e. The Balaban J connectivity index is 2.27. The molecule has 0 unspecified atom stereocenters. The first kappa shape index (κ1) is 10.4. The van der Waals surface area contributed by atoms with Gasteiger partial charge in [0, 0.05) is 19.4 Å². The van der Waals surface area contributed by atoms with Gasteiger partial charge in [-0.05, 0) is 12.1 Å². The molecule has 0 N–H and O–H groups in total. The molecule has 0 aliphatic heterocycles. The fourth-order valence-corrected chi connectivity index (χ4v) is 1.37. The lowest BCUT2D eigenvalue weighted by atomic mass is 10.3. The molecule has 82 valence electrons. The Hall–Kier alpha value is -2.10. The van der Waals surface area contributed by atoms with Gasteiger partial charge in [0.2, 0.25) is 0 Å². The standard InChI is InChI=1S/C12H13N3O/c1-15-8-7-13-12(15)9-14-10-5-3-4-6-11(10)16-2/h3-9H,1-2H3/b14-9+. The van der Waals surface area contributed by atoms with Crippen molar-refractivity contribution in [3.8, 4) is 5.75 Å². The number of imidazole rings is 1. The van der Waals surface area contributed by atoms with Gasteiger partial charge in [-0.3, -0.25) is 0 Å². The van der Waals surface area contributed by atoms with Crippen LogP contribution in [0.2, 0.25) is 0 Å². The number of methoxy groups -OCH3 is 1. The maximum Gasteiger partial charge on any atom is 0.150 e. The summed E-state index contributed by atoms with van der Waals surface area (Å²) < 4.78 is 7.11. The number of aromatic nitrogens is 2. The van der Waals surface area contributed by atoms with E-state index in [4.69, 9.17) is 4.74 Å². The lowest BCUT2D eigenvalue weighted by Gasteiger charge is -2.02. The van der Waals surface area contributed by atoms with E-state index in [0.717, 1.165) is 17.3 Å². The van der Waals surface area contributed by atoms with E-state index in [1.165, 1.54) is 0 Å². The Bertz CT molecular complexity index is 502. The summed E-state index contributed by atoms with van der Waals surface area (Å²) in [5.41, 5.74) is 0.799. The summed E-state index contributed by atoms with van der Waals surface area (Å²) in [5, 5.41) is 0. The molecule has 4 nitrogen and oxygen atoms in total. The van der Waals surface area contributed by atoms with Crippen molar-refractivity contribution in [3.63, 3.8) is 0 Å². The number of nitrogens with zero attached hydrogens (tertiary/aromatic N) is 3. The van der Waals surface area contributed by atoms with Gasteiger partial charge in [-0.1, -0.05) is 12.1 Å². The second-order valence-electron chi connectivity index (χ2n) is 3.33. The third-order valence-corrected chi connectivity index (χ3v) is 2.26. The molecule has 1 aromatic heterocycles. The normalized spacial score (nSPS) is 10.9. The van der Waals surface area contributed by atoms with E-state index in [-0.39, 0.29) is 0 Å². The van der Waals surface area contributed by atoms with Crippen molar-refractivity contribution in [2.24, 2.45) is 12.0 Å². The molecule has 0 saturated heterocycles. The number of aryl methyl sites for hydroxylation is 1. The van der Waals surface area contributed by atoms with Crippen molar-refractivity contribution in [1.82, 2.24) is 9.55 Å². The molecule has 1 heterocycles. The van der Waals surface area contributed by atoms with Gasteiger partial charge in [0.25, 0.3) is 0 Å². The van der Waals surface area contributed by atoms with Crippen LogP contribution in [0.5, 0.6) is 5.75 Å². The average molecular weight is 215 g/mol. The molecule has 0 amide bonds. The highest BCUT2D eigenvalue weighted by Gasteiger charge is 1.99. The molecule has 0 aliphatic carbocycles. The summed E-state index contributed by atoms with van der Waals surface area (Å²) in [5.74, 6) is 1.57. The maximum absolute atomic E-state index is 5.20. The molecule has 0 spiro atoms. The first-order chi connectivity index (χ1) is 7.81. The van der Waals surface area contributed by atoms with E-state index in [1.807, 2.05) is 42.1 Å². The summed E-state index contributed by atoms with van der Waals surface area (Å²) >= 11 is 0. The summed E-state index contributed by atoms with van der Waals surface area (Å²) in [6, 6.07) is 7.62. The molecular formula is C12H13N3O. The first-order valence-electron chi connectivity index (χ1n) is 4.95. The summed E-state index contributed by atoms with van der Waals surface area (Å²) in [6.07, 6.45) is 5.34. The topological polar surface area (TPSA) is 39.4 Å². The fraction of sp³-hybridized carbons (Fsp3) is 0.167. The molecule has 16 heavy (non-hydrogen) atoms. The van der Waals surface area contributed by atoms with Crippen molar-refractivity contribution >= 4 is 11.9 Å². The molecule has 0 radical (unpaired) electrons. The van der Waals surface area contributed by atoms with Crippen LogP contribution in [0, 0.1) is 0 Å². The van der Waals surface area contributed by atoms with Crippen LogP contribution >= 0.6 is 0 Å². The quantitative estimate of drug-likeness (QED) is 0.736. The van der Waals surface area contributed by atoms with Crippen molar-refractivity contribution in [3.05, 3.63) is 42.5 Å². The van der Waals surface area contributed by atoms with Crippen LogP contribution < -0.4 is 4.74 Å². The zero-order valence-electron chi connectivity index (χ0n) is 9.29. The van der Waals surface area contributed by atoms with E-state index in [1.54, 1.807) is 19.5 Å². The van der Waals surface area contributed by atoms with Gasteiger partial charge in [-0.15, -0.1) is 0 Å². The minimum absolute atomic E-state index is 0.757. The van der Waals surface area contributed by atoms with Gasteiger partial charge in [0.15, 0.2) is 5.82 Å². The molecule has 0 bridgehead atoms. The molecule has 0 saturated carbocycles. The Labute approximate surface area is 94.2 Å². The molecular weight excluding hydrogens is 202 g/mol. The van der Waals surface area contributed by atoms with Crippen LogP contribution in [-0.2, 0) is 7.05 Å². The average Bonchev–Trinajstić information content (AvgIpc) is 2.72. The maximum atomic E-state index is 5.20. The summed E-state index contributed by atoms with van der Waals surface area (Å²) in [4.78, 5) is 8.51. The predicted molar refractivity (Wildman–Crippen MR) is 63.5 cm³/mol. The predicted octanol–water partition coefficient (Wildman–Crippen LogP) is 2.18. The highest BCUT2D eigenvalue weighted by atomic mass is 16.5. The number of benzene rings is 1. The van der Waals surface area contributed by atoms with Crippen LogP contribution in [-0.4, -0.2) is 22.9 Å². The molecule has 0 fully saturated rings. The van der Waals surface area contributed by atoms with E-state index in [0.29, 0.717) is 0 Å². The Morgan fingerprint density at radius 1 is 1.38 bits per heavy atom. The number of ether oxygens (including phenoxy) is 1. The van der Waals surface area contributed by atoms with E-state index in [9.17, 15) is 0 Å². The molecule has 2 aromatic rings. The Morgan fingerprint density at radius 2 is 2.19 bits per heavy atom. The number of para-hydroxylation sites is 2. The van der Waals surface area contributed by atoms with E-state index >= 15 is 0 Å².